The minimum absolute atomic E-state index is 0.0449. The minimum atomic E-state index is -3.01. The van der Waals surface area contributed by atoms with E-state index in [4.69, 9.17) is 10.00 Å². The van der Waals surface area contributed by atoms with Gasteiger partial charge in [0.15, 0.2) is 17.7 Å². The van der Waals surface area contributed by atoms with Gasteiger partial charge in [0.25, 0.3) is 0 Å². The molecule has 10 heteroatoms. The molecular weight excluding hydrogens is 399 g/mol. The van der Waals surface area contributed by atoms with Crippen molar-refractivity contribution >= 4 is 11.6 Å². The number of benzene rings is 1. The lowest BCUT2D eigenvalue weighted by molar-refractivity contribution is -0.0515. The van der Waals surface area contributed by atoms with Crippen LogP contribution in [-0.4, -0.2) is 30.7 Å². The summed E-state index contributed by atoms with van der Waals surface area (Å²) in [7, 11) is 0. The maximum absolute atomic E-state index is 13.3. The third-order valence-electron chi connectivity index (χ3n) is 3.82. The van der Waals surface area contributed by atoms with Gasteiger partial charge in [0, 0.05) is 25.0 Å². The second-order valence-electron chi connectivity index (χ2n) is 6.06. The highest BCUT2D eigenvalue weighted by Crippen LogP contribution is 2.29. The SMILES string of the molecule is N#CN/C(=N\c1ccncc1)NCCCCCCOc1cc(F)ccc1OC(F)F. The molecule has 0 unspecified atom stereocenters. The van der Waals surface area contributed by atoms with Crippen LogP contribution in [0.3, 0.4) is 0 Å². The average Bonchev–Trinajstić information content (AvgIpc) is 2.72. The van der Waals surface area contributed by atoms with Crippen molar-refractivity contribution in [3.63, 3.8) is 0 Å². The number of alkyl halides is 2. The van der Waals surface area contributed by atoms with Crippen LogP contribution in [0.2, 0.25) is 0 Å². The van der Waals surface area contributed by atoms with E-state index in [0.29, 0.717) is 24.6 Å². The maximum atomic E-state index is 13.3. The van der Waals surface area contributed by atoms with Gasteiger partial charge in [0.05, 0.1) is 12.3 Å². The van der Waals surface area contributed by atoms with Crippen LogP contribution < -0.4 is 20.1 Å². The first-order chi connectivity index (χ1) is 14.6. The van der Waals surface area contributed by atoms with Crippen LogP contribution in [0.4, 0.5) is 18.9 Å². The number of aliphatic imine (C=N–C) groups is 1. The Morgan fingerprint density at radius 2 is 1.87 bits per heavy atom. The van der Waals surface area contributed by atoms with E-state index in [1.165, 1.54) is 0 Å². The van der Waals surface area contributed by atoms with Gasteiger partial charge in [0.1, 0.15) is 5.82 Å². The van der Waals surface area contributed by atoms with Crippen molar-refractivity contribution in [2.24, 2.45) is 4.99 Å². The van der Waals surface area contributed by atoms with Gasteiger partial charge in [-0.05, 0) is 37.1 Å². The number of unbranched alkanes of at least 4 members (excludes halogenated alkanes) is 3. The zero-order valence-corrected chi connectivity index (χ0v) is 16.2. The third-order valence-corrected chi connectivity index (χ3v) is 3.82. The number of rotatable bonds is 11. The summed E-state index contributed by atoms with van der Waals surface area (Å²) < 4.78 is 47.7. The Bertz CT molecular complexity index is 844. The molecule has 0 saturated heterocycles. The normalized spacial score (nSPS) is 11.1. The molecule has 0 amide bonds. The molecule has 0 bridgehead atoms. The van der Waals surface area contributed by atoms with Gasteiger partial charge in [-0.1, -0.05) is 12.8 Å². The van der Waals surface area contributed by atoms with Crippen LogP contribution in [0, 0.1) is 17.3 Å². The molecule has 1 heterocycles. The largest absolute Gasteiger partial charge is 0.490 e. The summed E-state index contributed by atoms with van der Waals surface area (Å²) >= 11 is 0. The summed E-state index contributed by atoms with van der Waals surface area (Å²) in [6.45, 7) is -2.15. The molecule has 7 nitrogen and oxygen atoms in total. The fourth-order valence-electron chi connectivity index (χ4n) is 2.47. The topological polar surface area (TPSA) is 91.6 Å². The molecule has 0 fully saturated rings. The molecule has 1 aromatic carbocycles. The minimum Gasteiger partial charge on any atom is -0.490 e. The molecule has 160 valence electrons. The summed E-state index contributed by atoms with van der Waals surface area (Å²) in [6, 6.07) is 6.61. The first kappa shape index (κ1) is 22.8. The summed E-state index contributed by atoms with van der Waals surface area (Å²) in [6.07, 6.45) is 8.23. The first-order valence-electron chi connectivity index (χ1n) is 9.33. The highest BCUT2D eigenvalue weighted by molar-refractivity contribution is 5.83. The Kier molecular flexibility index (Phi) is 9.79. The van der Waals surface area contributed by atoms with E-state index in [0.717, 1.165) is 37.5 Å². The molecule has 2 rings (SSSR count). The molecule has 2 N–H and O–H groups in total. The number of nitrogens with zero attached hydrogens (tertiary/aromatic N) is 3. The summed E-state index contributed by atoms with van der Waals surface area (Å²) in [5, 5.41) is 14.4. The van der Waals surface area contributed by atoms with Crippen molar-refractivity contribution in [1.29, 1.82) is 5.26 Å². The Labute approximate surface area is 172 Å². The smallest absolute Gasteiger partial charge is 0.387 e. The van der Waals surface area contributed by atoms with Crippen molar-refractivity contribution < 1.29 is 22.6 Å². The number of nitriles is 1. The van der Waals surface area contributed by atoms with Crippen molar-refractivity contribution in [3.05, 3.63) is 48.5 Å². The van der Waals surface area contributed by atoms with Crippen LogP contribution >= 0.6 is 0 Å². The van der Waals surface area contributed by atoms with E-state index in [2.05, 4.69) is 25.3 Å². The van der Waals surface area contributed by atoms with Crippen molar-refractivity contribution in [2.75, 3.05) is 13.2 Å². The highest BCUT2D eigenvalue weighted by Gasteiger charge is 2.11. The Morgan fingerprint density at radius 1 is 1.10 bits per heavy atom. The van der Waals surface area contributed by atoms with Gasteiger partial charge >= 0.3 is 6.61 Å². The second-order valence-corrected chi connectivity index (χ2v) is 6.06. The molecule has 1 aromatic heterocycles. The number of hydrogen-bond donors (Lipinski definition) is 2. The summed E-state index contributed by atoms with van der Waals surface area (Å²) in [4.78, 5) is 8.19. The van der Waals surface area contributed by atoms with Crippen molar-refractivity contribution in [2.45, 2.75) is 32.3 Å². The predicted octanol–water partition coefficient (Wildman–Crippen LogP) is 4.11. The summed E-state index contributed by atoms with van der Waals surface area (Å²) in [5.74, 6) is -0.476. The van der Waals surface area contributed by atoms with E-state index in [-0.39, 0.29) is 18.1 Å². The number of aromatic nitrogens is 1. The van der Waals surface area contributed by atoms with E-state index >= 15 is 0 Å². The van der Waals surface area contributed by atoms with Crippen LogP contribution in [-0.2, 0) is 0 Å². The molecule has 0 saturated carbocycles. The van der Waals surface area contributed by atoms with Crippen molar-refractivity contribution in [3.8, 4) is 17.7 Å². The fourth-order valence-corrected chi connectivity index (χ4v) is 2.47. The standard InChI is InChI=1S/C20H22F3N5O2/c21-15-5-6-17(30-19(22)23)18(13-15)29-12-4-2-1-3-9-26-20(27-14-24)28-16-7-10-25-11-8-16/h5-8,10-11,13,19H,1-4,9,12H2,(H2,25,26,27,28). The lowest BCUT2D eigenvalue weighted by Gasteiger charge is -2.12. The van der Waals surface area contributed by atoms with Gasteiger partial charge in [-0.2, -0.15) is 14.0 Å². The zero-order valence-electron chi connectivity index (χ0n) is 16.2. The lowest BCUT2D eigenvalue weighted by Crippen LogP contribution is -2.34. The average molecular weight is 421 g/mol. The molecule has 2 aromatic rings. The molecule has 0 aliphatic carbocycles. The van der Waals surface area contributed by atoms with E-state index in [1.54, 1.807) is 24.5 Å². The molecule has 0 aliphatic rings. The monoisotopic (exact) mass is 421 g/mol. The fraction of sp³-hybridized carbons (Fsp3) is 0.350. The van der Waals surface area contributed by atoms with Crippen LogP contribution in [0.1, 0.15) is 25.7 Å². The van der Waals surface area contributed by atoms with Gasteiger partial charge in [-0.25, -0.2) is 9.38 Å². The van der Waals surface area contributed by atoms with Gasteiger partial charge in [-0.3, -0.25) is 10.3 Å². The lowest BCUT2D eigenvalue weighted by atomic mass is 10.2. The van der Waals surface area contributed by atoms with E-state index in [9.17, 15) is 13.2 Å². The number of hydrogen-bond acceptors (Lipinski definition) is 5. The number of guanidine groups is 1. The molecule has 0 radical (unpaired) electrons. The first-order valence-corrected chi connectivity index (χ1v) is 9.33. The van der Waals surface area contributed by atoms with Crippen LogP contribution in [0.25, 0.3) is 0 Å². The molecular formula is C20H22F3N5O2. The van der Waals surface area contributed by atoms with Gasteiger partial charge in [-0.15, -0.1) is 0 Å². The number of ether oxygens (including phenoxy) is 2. The molecule has 0 aliphatic heterocycles. The number of halogens is 3. The quantitative estimate of drug-likeness (QED) is 0.187. The molecule has 0 atom stereocenters. The van der Waals surface area contributed by atoms with Gasteiger partial charge in [0.2, 0.25) is 5.96 Å². The maximum Gasteiger partial charge on any atom is 0.387 e. The third kappa shape index (κ3) is 8.68. The highest BCUT2D eigenvalue weighted by atomic mass is 19.3. The zero-order chi connectivity index (χ0) is 21.6. The Morgan fingerprint density at radius 3 is 2.60 bits per heavy atom. The Hall–Kier alpha value is -3.48. The molecule has 30 heavy (non-hydrogen) atoms. The molecule has 0 spiro atoms. The Balaban J connectivity index is 1.66. The van der Waals surface area contributed by atoms with E-state index in [1.807, 2.05) is 6.19 Å². The van der Waals surface area contributed by atoms with Crippen LogP contribution in [0.15, 0.2) is 47.7 Å². The number of nitrogens with one attached hydrogen (secondary N) is 2. The predicted molar refractivity (Wildman–Crippen MR) is 105 cm³/mol. The second kappa shape index (κ2) is 12.9. The summed E-state index contributed by atoms with van der Waals surface area (Å²) in [5.41, 5.74) is 0.667. The van der Waals surface area contributed by atoms with Crippen LogP contribution in [0.5, 0.6) is 11.5 Å². The van der Waals surface area contributed by atoms with Crippen molar-refractivity contribution in [1.82, 2.24) is 15.6 Å². The van der Waals surface area contributed by atoms with Gasteiger partial charge < -0.3 is 14.8 Å². The van der Waals surface area contributed by atoms with E-state index < -0.39 is 12.4 Å². The number of pyridine rings is 1.